The van der Waals surface area contributed by atoms with Crippen LogP contribution in [0, 0.1) is 17.6 Å². The zero-order valence-electron chi connectivity index (χ0n) is 11.5. The molecule has 1 N–H and O–H groups in total. The third-order valence-corrected chi connectivity index (χ3v) is 3.82. The van der Waals surface area contributed by atoms with Crippen molar-refractivity contribution in [2.24, 2.45) is 5.92 Å². The first-order valence-electron chi connectivity index (χ1n) is 6.91. The molecule has 19 heavy (non-hydrogen) atoms. The lowest BCUT2D eigenvalue weighted by molar-refractivity contribution is 0.0867. The molecule has 0 aliphatic carbocycles. The Balaban J connectivity index is 1.91. The van der Waals surface area contributed by atoms with Gasteiger partial charge in [0.05, 0.1) is 6.10 Å². The Labute approximate surface area is 113 Å². The van der Waals surface area contributed by atoms with Crippen molar-refractivity contribution >= 4 is 0 Å². The normalized spacial score (nSPS) is 24.6. The van der Waals surface area contributed by atoms with E-state index in [2.05, 4.69) is 12.2 Å². The predicted octanol–water partition coefficient (Wildman–Crippen LogP) is 3.43. The quantitative estimate of drug-likeness (QED) is 0.884. The van der Waals surface area contributed by atoms with Crippen molar-refractivity contribution in [1.82, 2.24) is 5.32 Å². The summed E-state index contributed by atoms with van der Waals surface area (Å²) in [7, 11) is 0. The average molecular weight is 269 g/mol. The van der Waals surface area contributed by atoms with Crippen molar-refractivity contribution < 1.29 is 13.5 Å². The lowest BCUT2D eigenvalue weighted by atomic mass is 9.98. The van der Waals surface area contributed by atoms with E-state index in [-0.39, 0.29) is 6.04 Å². The first-order valence-corrected chi connectivity index (χ1v) is 6.91. The van der Waals surface area contributed by atoms with E-state index in [1.165, 1.54) is 12.1 Å². The Morgan fingerprint density at radius 3 is 2.63 bits per heavy atom. The molecule has 1 aliphatic rings. The second-order valence-electron chi connectivity index (χ2n) is 5.20. The Kier molecular flexibility index (Phi) is 4.88. The molecule has 1 aromatic carbocycles. The van der Waals surface area contributed by atoms with E-state index < -0.39 is 11.6 Å². The van der Waals surface area contributed by atoms with E-state index in [0.717, 1.165) is 32.1 Å². The summed E-state index contributed by atoms with van der Waals surface area (Å²) < 4.78 is 31.9. The van der Waals surface area contributed by atoms with Crippen molar-refractivity contribution in [2.75, 3.05) is 13.2 Å². The van der Waals surface area contributed by atoms with Crippen LogP contribution >= 0.6 is 0 Å². The maximum Gasteiger partial charge on any atom is 0.126 e. The fraction of sp³-hybridized carbons (Fsp3) is 0.600. The van der Waals surface area contributed by atoms with Crippen molar-refractivity contribution in [2.45, 2.75) is 38.8 Å². The van der Waals surface area contributed by atoms with E-state index in [9.17, 15) is 8.78 Å². The molecule has 1 aliphatic heterocycles. The third kappa shape index (κ3) is 3.74. The van der Waals surface area contributed by atoms with Crippen LogP contribution in [0.3, 0.4) is 0 Å². The molecule has 1 aromatic rings. The predicted molar refractivity (Wildman–Crippen MR) is 70.9 cm³/mol. The van der Waals surface area contributed by atoms with Gasteiger partial charge in [-0.25, -0.2) is 8.78 Å². The minimum atomic E-state index is -0.528. The molecular formula is C15H21F2NO. The Morgan fingerprint density at radius 1 is 1.32 bits per heavy atom. The first-order chi connectivity index (χ1) is 9.10. The minimum absolute atomic E-state index is 0.0664. The van der Waals surface area contributed by atoms with Crippen molar-refractivity contribution in [3.8, 4) is 0 Å². The number of hydrogen-bond acceptors (Lipinski definition) is 2. The Morgan fingerprint density at radius 2 is 2.00 bits per heavy atom. The van der Waals surface area contributed by atoms with Gasteiger partial charge in [0.1, 0.15) is 11.6 Å². The molecule has 106 valence electrons. The Hall–Kier alpha value is -1.00. The van der Waals surface area contributed by atoms with E-state index in [1.54, 1.807) is 0 Å². The van der Waals surface area contributed by atoms with Gasteiger partial charge in [-0.05, 0) is 43.4 Å². The largest absolute Gasteiger partial charge is 0.378 e. The molecule has 0 aromatic heterocycles. The standard InChI is InChI=1S/C15H21F2NO/c1-3-15-11(4-5-19-15)9-18-10(2)12-6-13(16)8-14(17)7-12/h6-8,10-11,15,18H,3-5,9H2,1-2H3. The summed E-state index contributed by atoms with van der Waals surface area (Å²) in [5.41, 5.74) is 0.643. The van der Waals surface area contributed by atoms with Crippen LogP contribution in [-0.2, 0) is 4.74 Å². The molecule has 1 fully saturated rings. The van der Waals surface area contributed by atoms with Gasteiger partial charge in [0, 0.05) is 25.3 Å². The van der Waals surface area contributed by atoms with Crippen LogP contribution in [0.2, 0.25) is 0 Å². The lowest BCUT2D eigenvalue weighted by Gasteiger charge is -2.21. The van der Waals surface area contributed by atoms with Gasteiger partial charge in [-0.2, -0.15) is 0 Å². The van der Waals surface area contributed by atoms with Gasteiger partial charge < -0.3 is 10.1 Å². The molecular weight excluding hydrogens is 248 g/mol. The highest BCUT2D eigenvalue weighted by Crippen LogP contribution is 2.24. The minimum Gasteiger partial charge on any atom is -0.378 e. The number of ether oxygens (including phenoxy) is 1. The van der Waals surface area contributed by atoms with E-state index in [4.69, 9.17) is 4.74 Å². The van der Waals surface area contributed by atoms with Crippen LogP contribution in [0.5, 0.6) is 0 Å². The summed E-state index contributed by atoms with van der Waals surface area (Å²) in [6.45, 7) is 5.67. The van der Waals surface area contributed by atoms with Gasteiger partial charge >= 0.3 is 0 Å². The molecule has 2 nitrogen and oxygen atoms in total. The maximum atomic E-state index is 13.2. The van der Waals surface area contributed by atoms with Crippen LogP contribution in [-0.4, -0.2) is 19.3 Å². The number of halogens is 2. The van der Waals surface area contributed by atoms with Crippen LogP contribution in [0.1, 0.15) is 38.3 Å². The molecule has 0 spiro atoms. The molecule has 3 unspecified atom stereocenters. The number of hydrogen-bond donors (Lipinski definition) is 1. The number of nitrogens with one attached hydrogen (secondary N) is 1. The SMILES string of the molecule is CCC1OCCC1CNC(C)c1cc(F)cc(F)c1. The third-order valence-electron chi connectivity index (χ3n) is 3.82. The van der Waals surface area contributed by atoms with Gasteiger partial charge in [-0.1, -0.05) is 6.92 Å². The number of rotatable bonds is 5. The fourth-order valence-corrected chi connectivity index (χ4v) is 2.65. The zero-order chi connectivity index (χ0) is 13.8. The van der Waals surface area contributed by atoms with Gasteiger partial charge in [0.2, 0.25) is 0 Å². The molecule has 3 atom stereocenters. The molecule has 0 amide bonds. The van der Waals surface area contributed by atoms with Gasteiger partial charge in [0.15, 0.2) is 0 Å². The second kappa shape index (κ2) is 6.44. The summed E-state index contributed by atoms with van der Waals surface area (Å²) >= 11 is 0. The summed E-state index contributed by atoms with van der Waals surface area (Å²) in [6, 6.07) is 3.59. The molecule has 4 heteroatoms. The first kappa shape index (κ1) is 14.4. The molecule has 0 saturated carbocycles. The molecule has 0 radical (unpaired) electrons. The summed E-state index contributed by atoms with van der Waals surface area (Å²) in [5, 5.41) is 3.35. The van der Waals surface area contributed by atoms with Crippen molar-refractivity contribution in [3.05, 3.63) is 35.4 Å². The fourth-order valence-electron chi connectivity index (χ4n) is 2.65. The average Bonchev–Trinajstić information content (AvgIpc) is 2.82. The van der Waals surface area contributed by atoms with Gasteiger partial charge in [0.25, 0.3) is 0 Å². The van der Waals surface area contributed by atoms with E-state index >= 15 is 0 Å². The summed E-state index contributed by atoms with van der Waals surface area (Å²) in [6.07, 6.45) is 2.37. The van der Waals surface area contributed by atoms with E-state index in [0.29, 0.717) is 17.6 Å². The highest BCUT2D eigenvalue weighted by molar-refractivity contribution is 5.20. The smallest absolute Gasteiger partial charge is 0.126 e. The highest BCUT2D eigenvalue weighted by Gasteiger charge is 2.26. The monoisotopic (exact) mass is 269 g/mol. The molecule has 0 bridgehead atoms. The summed E-state index contributed by atoms with van der Waals surface area (Å²) in [4.78, 5) is 0. The Bertz CT molecular complexity index is 404. The van der Waals surface area contributed by atoms with Gasteiger partial charge in [-0.3, -0.25) is 0 Å². The van der Waals surface area contributed by atoms with Crippen LogP contribution in [0.15, 0.2) is 18.2 Å². The lowest BCUT2D eigenvalue weighted by Crippen LogP contribution is -2.30. The highest BCUT2D eigenvalue weighted by atomic mass is 19.1. The van der Waals surface area contributed by atoms with Crippen molar-refractivity contribution in [3.63, 3.8) is 0 Å². The zero-order valence-corrected chi connectivity index (χ0v) is 11.5. The number of benzene rings is 1. The van der Waals surface area contributed by atoms with E-state index in [1.807, 2.05) is 6.92 Å². The molecule has 2 rings (SSSR count). The van der Waals surface area contributed by atoms with Crippen molar-refractivity contribution in [1.29, 1.82) is 0 Å². The van der Waals surface area contributed by atoms with Crippen LogP contribution in [0.4, 0.5) is 8.78 Å². The molecule has 1 saturated heterocycles. The maximum absolute atomic E-state index is 13.2. The topological polar surface area (TPSA) is 21.3 Å². The second-order valence-corrected chi connectivity index (χ2v) is 5.20. The van der Waals surface area contributed by atoms with Gasteiger partial charge in [-0.15, -0.1) is 0 Å². The summed E-state index contributed by atoms with van der Waals surface area (Å²) in [5.74, 6) is -0.565. The van der Waals surface area contributed by atoms with Crippen LogP contribution in [0.25, 0.3) is 0 Å². The molecule has 1 heterocycles. The van der Waals surface area contributed by atoms with Crippen LogP contribution < -0.4 is 5.32 Å².